The average Bonchev–Trinajstić information content (AvgIpc) is 2.66. The maximum absolute atomic E-state index is 12.2. The molecule has 29 heavy (non-hydrogen) atoms. The first kappa shape index (κ1) is 22.7. The van der Waals surface area contributed by atoms with Crippen molar-refractivity contribution in [3.05, 3.63) is 70.7 Å². The van der Waals surface area contributed by atoms with Crippen molar-refractivity contribution in [2.75, 3.05) is 23.7 Å². The van der Waals surface area contributed by atoms with E-state index in [1.54, 1.807) is 30.3 Å². The van der Waals surface area contributed by atoms with Crippen molar-refractivity contribution in [1.82, 2.24) is 5.43 Å². The van der Waals surface area contributed by atoms with E-state index in [2.05, 4.69) is 17.1 Å². The summed E-state index contributed by atoms with van der Waals surface area (Å²) in [5, 5.41) is 4.28. The van der Waals surface area contributed by atoms with Crippen LogP contribution in [0.3, 0.4) is 0 Å². The van der Waals surface area contributed by atoms with E-state index in [-0.39, 0.29) is 15.7 Å². The van der Waals surface area contributed by atoms with E-state index in [0.29, 0.717) is 17.9 Å². The molecule has 1 N–H and O–H groups in total. The van der Waals surface area contributed by atoms with Gasteiger partial charge < -0.3 is 4.74 Å². The minimum atomic E-state index is -3.79. The third kappa shape index (κ3) is 7.08. The fraction of sp³-hybridized carbons (Fsp3) is 0.158. The molecule has 0 fully saturated rings. The Morgan fingerprint density at radius 2 is 1.93 bits per heavy atom. The van der Waals surface area contributed by atoms with Crippen LogP contribution in [0.15, 0.2) is 60.2 Å². The zero-order valence-electron chi connectivity index (χ0n) is 15.5. The molecule has 0 bridgehead atoms. The molecular formula is C19H19Cl2N3O4S. The highest BCUT2D eigenvalue weighted by molar-refractivity contribution is 7.92. The molecule has 0 aliphatic carbocycles. The molecular weight excluding hydrogens is 437 g/mol. The largest absolute Gasteiger partial charge is 0.490 e. The van der Waals surface area contributed by atoms with Crippen molar-refractivity contribution in [3.8, 4) is 5.75 Å². The number of carbonyl (C=O) groups excluding carboxylic acids is 1. The number of halogens is 2. The predicted octanol–water partition coefficient (Wildman–Crippen LogP) is 3.47. The second-order valence-corrected chi connectivity index (χ2v) is 8.58. The smallest absolute Gasteiger partial charge is 0.260 e. The Balaban J connectivity index is 2.04. The highest BCUT2D eigenvalue weighted by Crippen LogP contribution is 2.30. The number of ether oxygens (including phenoxy) is 1. The molecule has 0 unspecified atom stereocenters. The summed E-state index contributed by atoms with van der Waals surface area (Å²) in [5.74, 6) is 0.0296. The minimum Gasteiger partial charge on any atom is -0.490 e. The van der Waals surface area contributed by atoms with Gasteiger partial charge in [0, 0.05) is 5.02 Å². The predicted molar refractivity (Wildman–Crippen MR) is 117 cm³/mol. The molecule has 0 atom stereocenters. The van der Waals surface area contributed by atoms with Gasteiger partial charge in [0.05, 0.1) is 23.2 Å². The van der Waals surface area contributed by atoms with Gasteiger partial charge in [0.25, 0.3) is 5.91 Å². The van der Waals surface area contributed by atoms with E-state index in [0.717, 1.165) is 10.6 Å². The molecule has 0 aliphatic rings. The monoisotopic (exact) mass is 455 g/mol. The molecule has 154 valence electrons. The molecule has 7 nitrogen and oxygen atoms in total. The maximum atomic E-state index is 12.2. The van der Waals surface area contributed by atoms with E-state index >= 15 is 0 Å². The van der Waals surface area contributed by atoms with Gasteiger partial charge in [0.15, 0.2) is 0 Å². The molecule has 1 amide bonds. The molecule has 2 rings (SSSR count). The van der Waals surface area contributed by atoms with Crippen molar-refractivity contribution in [1.29, 1.82) is 0 Å². The second kappa shape index (κ2) is 10.3. The first-order valence-electron chi connectivity index (χ1n) is 8.29. The number of hydrazone groups is 1. The lowest BCUT2D eigenvalue weighted by molar-refractivity contribution is -0.119. The van der Waals surface area contributed by atoms with Crippen LogP contribution in [0, 0.1) is 0 Å². The summed E-state index contributed by atoms with van der Waals surface area (Å²) in [7, 11) is -3.79. The van der Waals surface area contributed by atoms with Gasteiger partial charge in [-0.15, -0.1) is 0 Å². The van der Waals surface area contributed by atoms with Gasteiger partial charge in [-0.05, 0) is 48.0 Å². The Morgan fingerprint density at radius 3 is 2.55 bits per heavy atom. The topological polar surface area (TPSA) is 88.1 Å². The van der Waals surface area contributed by atoms with E-state index in [1.807, 2.05) is 0 Å². The number of sulfonamides is 1. The number of hydrogen-bond acceptors (Lipinski definition) is 5. The number of amides is 1. The number of hydrogen-bond donors (Lipinski definition) is 1. The standard InChI is InChI=1S/C19H19Cl2N3O4S/c1-3-10-28-16-7-4-14(5-8-16)12-22-23-19(25)13-24(29(2,26)27)18-11-15(20)6-9-17(18)21/h3-9,11-12H,1,10,13H2,2H3,(H,23,25)/b22-12-. The lowest BCUT2D eigenvalue weighted by atomic mass is 10.2. The third-order valence-corrected chi connectivity index (χ3v) is 5.20. The molecule has 0 aliphatic heterocycles. The van der Waals surface area contributed by atoms with Gasteiger partial charge in [-0.2, -0.15) is 5.10 Å². The highest BCUT2D eigenvalue weighted by atomic mass is 35.5. The molecule has 0 heterocycles. The zero-order chi connectivity index (χ0) is 21.4. The van der Waals surface area contributed by atoms with Crippen LogP contribution in [-0.2, 0) is 14.8 Å². The molecule has 10 heteroatoms. The van der Waals surface area contributed by atoms with Crippen LogP contribution in [0.2, 0.25) is 10.0 Å². The van der Waals surface area contributed by atoms with Crippen LogP contribution in [0.1, 0.15) is 5.56 Å². The van der Waals surface area contributed by atoms with Gasteiger partial charge in [-0.1, -0.05) is 35.9 Å². The van der Waals surface area contributed by atoms with Gasteiger partial charge in [0.2, 0.25) is 10.0 Å². The number of rotatable bonds is 9. The van der Waals surface area contributed by atoms with E-state index < -0.39 is 22.5 Å². The average molecular weight is 456 g/mol. The summed E-state index contributed by atoms with van der Waals surface area (Å²) in [6, 6.07) is 11.4. The molecule has 0 radical (unpaired) electrons. The van der Waals surface area contributed by atoms with Crippen LogP contribution >= 0.6 is 23.2 Å². The highest BCUT2D eigenvalue weighted by Gasteiger charge is 2.23. The van der Waals surface area contributed by atoms with Crippen LogP contribution < -0.4 is 14.5 Å². The normalized spacial score (nSPS) is 11.3. The number of benzene rings is 2. The van der Waals surface area contributed by atoms with E-state index in [1.165, 1.54) is 24.4 Å². The summed E-state index contributed by atoms with van der Waals surface area (Å²) < 4.78 is 30.5. The number of nitrogens with zero attached hydrogens (tertiary/aromatic N) is 2. The first-order valence-corrected chi connectivity index (χ1v) is 10.9. The SMILES string of the molecule is C=CCOc1ccc(/C=N\NC(=O)CN(c2cc(Cl)ccc2Cl)S(C)(=O)=O)cc1. The van der Waals surface area contributed by atoms with Gasteiger partial charge >= 0.3 is 0 Å². The maximum Gasteiger partial charge on any atom is 0.260 e. The summed E-state index contributed by atoms with van der Waals surface area (Å²) in [5.41, 5.74) is 3.11. The molecule has 0 spiro atoms. The van der Waals surface area contributed by atoms with Crippen molar-refractivity contribution in [3.63, 3.8) is 0 Å². The van der Waals surface area contributed by atoms with Gasteiger partial charge in [0.1, 0.15) is 18.9 Å². The lowest BCUT2D eigenvalue weighted by Crippen LogP contribution is -2.39. The van der Waals surface area contributed by atoms with Crippen molar-refractivity contribution >= 4 is 51.0 Å². The summed E-state index contributed by atoms with van der Waals surface area (Å²) in [6.07, 6.45) is 4.03. The Bertz CT molecular complexity index is 1010. The summed E-state index contributed by atoms with van der Waals surface area (Å²) >= 11 is 12.0. The van der Waals surface area contributed by atoms with E-state index in [4.69, 9.17) is 27.9 Å². The Morgan fingerprint density at radius 1 is 1.24 bits per heavy atom. The van der Waals surface area contributed by atoms with Crippen LogP contribution in [0.4, 0.5) is 5.69 Å². The Hall–Kier alpha value is -2.55. The van der Waals surface area contributed by atoms with Crippen molar-refractivity contribution < 1.29 is 17.9 Å². The Labute approximate surface area is 179 Å². The van der Waals surface area contributed by atoms with Crippen molar-refractivity contribution in [2.24, 2.45) is 5.10 Å². The van der Waals surface area contributed by atoms with Gasteiger partial charge in [-0.3, -0.25) is 9.10 Å². The molecule has 0 saturated carbocycles. The minimum absolute atomic E-state index is 0.107. The van der Waals surface area contributed by atoms with Crippen LogP contribution in [0.25, 0.3) is 0 Å². The lowest BCUT2D eigenvalue weighted by Gasteiger charge is -2.22. The molecule has 0 saturated heterocycles. The second-order valence-electron chi connectivity index (χ2n) is 5.83. The first-order chi connectivity index (χ1) is 13.7. The number of nitrogens with one attached hydrogen (secondary N) is 1. The summed E-state index contributed by atoms with van der Waals surface area (Å²) in [4.78, 5) is 12.2. The number of anilines is 1. The van der Waals surface area contributed by atoms with Gasteiger partial charge in [-0.25, -0.2) is 13.8 Å². The van der Waals surface area contributed by atoms with Crippen molar-refractivity contribution in [2.45, 2.75) is 0 Å². The third-order valence-electron chi connectivity index (χ3n) is 3.52. The Kier molecular flexibility index (Phi) is 8.07. The van der Waals surface area contributed by atoms with Crippen LogP contribution in [-0.4, -0.2) is 39.9 Å². The van der Waals surface area contributed by atoms with E-state index in [9.17, 15) is 13.2 Å². The number of carbonyl (C=O) groups is 1. The zero-order valence-corrected chi connectivity index (χ0v) is 17.8. The summed E-state index contributed by atoms with van der Waals surface area (Å²) in [6.45, 7) is 3.46. The molecule has 0 aromatic heterocycles. The quantitative estimate of drug-likeness (QED) is 0.356. The van der Waals surface area contributed by atoms with Crippen LogP contribution in [0.5, 0.6) is 5.75 Å². The fourth-order valence-corrected chi connectivity index (χ4v) is 3.50. The fourth-order valence-electron chi connectivity index (χ4n) is 2.21. The molecule has 2 aromatic rings. The molecule has 2 aromatic carbocycles.